The molecule has 20 heavy (non-hydrogen) atoms. The molecule has 1 heterocycles. The highest BCUT2D eigenvalue weighted by atomic mass is 16.2. The normalized spacial score (nSPS) is 34.8. The summed E-state index contributed by atoms with van der Waals surface area (Å²) >= 11 is 0. The van der Waals surface area contributed by atoms with Crippen LogP contribution < -0.4 is 4.90 Å². The quantitative estimate of drug-likeness (QED) is 0.579. The van der Waals surface area contributed by atoms with Crippen molar-refractivity contribution in [2.24, 2.45) is 17.3 Å². The van der Waals surface area contributed by atoms with Crippen LogP contribution in [0.3, 0.4) is 0 Å². The molecule has 3 heteroatoms. The number of hydrogen-bond acceptors (Lipinski definition) is 2. The maximum atomic E-state index is 12.9. The summed E-state index contributed by atoms with van der Waals surface area (Å²) in [5.74, 6) is 0.733. The molecule has 1 saturated carbocycles. The average molecular weight is 267 g/mol. The molecule has 2 amide bonds. The van der Waals surface area contributed by atoms with Crippen LogP contribution in [0.1, 0.15) is 24.8 Å². The van der Waals surface area contributed by atoms with E-state index in [1.54, 1.807) is 0 Å². The maximum absolute atomic E-state index is 12.9. The highest BCUT2D eigenvalue weighted by Gasteiger charge is 2.60. The van der Waals surface area contributed by atoms with Crippen molar-refractivity contribution in [1.29, 1.82) is 0 Å². The molecule has 2 bridgehead atoms. The van der Waals surface area contributed by atoms with Crippen molar-refractivity contribution in [3.8, 4) is 0 Å². The second-order valence-corrected chi connectivity index (χ2v) is 6.39. The van der Waals surface area contributed by atoms with Crippen LogP contribution in [-0.2, 0) is 9.59 Å². The van der Waals surface area contributed by atoms with Crippen LogP contribution in [0.15, 0.2) is 36.4 Å². The molecule has 0 N–H and O–H groups in total. The summed E-state index contributed by atoms with van der Waals surface area (Å²) in [7, 11) is 0. The first-order valence-corrected chi connectivity index (χ1v) is 7.22. The molecular formula is C17H17NO2. The first-order chi connectivity index (χ1) is 9.60. The highest BCUT2D eigenvalue weighted by Crippen LogP contribution is 2.57. The van der Waals surface area contributed by atoms with Gasteiger partial charge >= 0.3 is 0 Å². The highest BCUT2D eigenvalue weighted by molar-refractivity contribution is 6.23. The summed E-state index contributed by atoms with van der Waals surface area (Å²) in [6.45, 7) is 2.00. The molecule has 0 aromatic heterocycles. The lowest BCUT2D eigenvalue weighted by Crippen LogP contribution is -2.38. The molecule has 3 aliphatic rings. The number of benzene rings is 1. The van der Waals surface area contributed by atoms with E-state index >= 15 is 0 Å². The van der Waals surface area contributed by atoms with Crippen LogP contribution in [0.2, 0.25) is 0 Å². The van der Waals surface area contributed by atoms with Crippen molar-refractivity contribution in [2.75, 3.05) is 4.90 Å². The fraction of sp³-hybridized carbons (Fsp3) is 0.412. The molecule has 2 aliphatic carbocycles. The fourth-order valence-corrected chi connectivity index (χ4v) is 4.12. The number of carbonyl (C=O) groups is 2. The third kappa shape index (κ3) is 1.41. The number of fused-ring (bicyclic) bond motifs is 3. The third-order valence-electron chi connectivity index (χ3n) is 5.15. The monoisotopic (exact) mass is 267 g/mol. The number of aryl methyl sites for hydroxylation is 1. The summed E-state index contributed by atoms with van der Waals surface area (Å²) in [4.78, 5) is 26.7. The van der Waals surface area contributed by atoms with E-state index < -0.39 is 5.41 Å². The summed E-state index contributed by atoms with van der Waals surface area (Å²) in [5, 5.41) is 0. The Balaban J connectivity index is 1.73. The van der Waals surface area contributed by atoms with E-state index in [1.807, 2.05) is 31.2 Å². The van der Waals surface area contributed by atoms with Gasteiger partial charge in [0.1, 0.15) is 0 Å². The molecule has 102 valence electrons. The first kappa shape index (κ1) is 11.9. The smallest absolute Gasteiger partial charge is 0.241 e. The van der Waals surface area contributed by atoms with E-state index in [0.29, 0.717) is 18.0 Å². The largest absolute Gasteiger partial charge is 0.274 e. The summed E-state index contributed by atoms with van der Waals surface area (Å²) in [6, 6.07) is 7.63. The number of anilines is 1. The van der Waals surface area contributed by atoms with Crippen molar-refractivity contribution < 1.29 is 9.59 Å². The molecule has 1 aromatic carbocycles. The Hall–Kier alpha value is -1.90. The van der Waals surface area contributed by atoms with Crippen molar-refractivity contribution in [3.63, 3.8) is 0 Å². The van der Waals surface area contributed by atoms with Crippen LogP contribution in [-0.4, -0.2) is 11.8 Å². The summed E-state index contributed by atoms with van der Waals surface area (Å²) in [6.07, 6.45) is 6.63. The average Bonchev–Trinajstić information content (AvgIpc) is 3.07. The lowest BCUT2D eigenvalue weighted by molar-refractivity contribution is -0.126. The zero-order valence-electron chi connectivity index (χ0n) is 11.5. The summed E-state index contributed by atoms with van der Waals surface area (Å²) < 4.78 is 0. The molecule has 4 rings (SSSR count). The number of rotatable bonds is 1. The second kappa shape index (κ2) is 3.81. The van der Waals surface area contributed by atoms with Gasteiger partial charge in [-0.15, -0.1) is 0 Å². The van der Waals surface area contributed by atoms with E-state index in [-0.39, 0.29) is 17.7 Å². The van der Waals surface area contributed by atoms with E-state index in [0.717, 1.165) is 18.4 Å². The lowest BCUT2D eigenvalue weighted by Gasteiger charge is -2.28. The number of amides is 2. The van der Waals surface area contributed by atoms with Gasteiger partial charge in [-0.05, 0) is 43.7 Å². The van der Waals surface area contributed by atoms with Gasteiger partial charge in [0.2, 0.25) is 11.8 Å². The minimum absolute atomic E-state index is 0.0169. The maximum Gasteiger partial charge on any atom is 0.241 e. The van der Waals surface area contributed by atoms with Gasteiger partial charge in [0, 0.05) is 6.42 Å². The number of carbonyl (C=O) groups excluding carboxylic acids is 2. The van der Waals surface area contributed by atoms with Gasteiger partial charge in [-0.25, -0.2) is 0 Å². The Morgan fingerprint density at radius 3 is 2.50 bits per heavy atom. The summed E-state index contributed by atoms with van der Waals surface area (Å²) in [5.41, 5.74) is 1.40. The molecule has 1 aromatic rings. The number of imide groups is 1. The Labute approximate surface area is 118 Å². The van der Waals surface area contributed by atoms with Crippen molar-refractivity contribution in [2.45, 2.75) is 26.2 Å². The minimum atomic E-state index is -0.443. The molecule has 3 nitrogen and oxygen atoms in total. The van der Waals surface area contributed by atoms with Crippen molar-refractivity contribution in [1.82, 2.24) is 0 Å². The van der Waals surface area contributed by atoms with Gasteiger partial charge in [0.05, 0.1) is 11.1 Å². The van der Waals surface area contributed by atoms with Crippen LogP contribution >= 0.6 is 0 Å². The molecule has 1 aliphatic heterocycles. The molecule has 0 radical (unpaired) electrons. The van der Waals surface area contributed by atoms with E-state index in [9.17, 15) is 9.59 Å². The van der Waals surface area contributed by atoms with Crippen LogP contribution in [0, 0.1) is 24.2 Å². The Bertz CT molecular complexity index is 631. The zero-order valence-corrected chi connectivity index (χ0v) is 11.5. The van der Waals surface area contributed by atoms with Gasteiger partial charge in [-0.3, -0.25) is 14.5 Å². The Morgan fingerprint density at radius 1 is 1.15 bits per heavy atom. The van der Waals surface area contributed by atoms with Gasteiger partial charge in [-0.2, -0.15) is 0 Å². The minimum Gasteiger partial charge on any atom is -0.274 e. The zero-order chi connectivity index (χ0) is 13.9. The molecule has 2 fully saturated rings. The van der Waals surface area contributed by atoms with E-state index in [4.69, 9.17) is 0 Å². The first-order valence-electron chi connectivity index (χ1n) is 7.22. The van der Waals surface area contributed by atoms with Gasteiger partial charge in [0.15, 0.2) is 0 Å². The molecule has 3 atom stereocenters. The molecule has 1 saturated heterocycles. The van der Waals surface area contributed by atoms with Gasteiger partial charge in [0.25, 0.3) is 0 Å². The van der Waals surface area contributed by atoms with Crippen molar-refractivity contribution in [3.05, 3.63) is 42.0 Å². The fourth-order valence-electron chi connectivity index (χ4n) is 4.12. The predicted octanol–water partition coefficient (Wildman–Crippen LogP) is 2.84. The standard InChI is InChI=1S/C17H17NO2/c1-11-2-6-14(7-3-11)18-15(19)10-17(16(18)20)9-12-4-5-13(17)8-12/h2-7,12-13H,8-10H2,1H3/t12-,13-,17+/m0/s1. The Kier molecular flexibility index (Phi) is 2.27. The number of hydrogen-bond donors (Lipinski definition) is 0. The number of nitrogens with zero attached hydrogens (tertiary/aromatic N) is 1. The molecule has 1 spiro atoms. The topological polar surface area (TPSA) is 37.4 Å². The van der Waals surface area contributed by atoms with Gasteiger partial charge in [-0.1, -0.05) is 29.8 Å². The SMILES string of the molecule is Cc1ccc(N2C(=O)C[C@@]3(C[C@H]4C=C[C@H]3C4)C2=O)cc1. The second-order valence-electron chi connectivity index (χ2n) is 6.39. The number of allylic oxidation sites excluding steroid dienone is 2. The third-order valence-corrected chi connectivity index (χ3v) is 5.15. The van der Waals surface area contributed by atoms with Crippen LogP contribution in [0.5, 0.6) is 0 Å². The molecule has 0 unspecified atom stereocenters. The molecular weight excluding hydrogens is 250 g/mol. The predicted molar refractivity (Wildman–Crippen MR) is 76.1 cm³/mol. The van der Waals surface area contributed by atoms with E-state index in [2.05, 4.69) is 12.2 Å². The van der Waals surface area contributed by atoms with Crippen molar-refractivity contribution >= 4 is 17.5 Å². The van der Waals surface area contributed by atoms with Crippen LogP contribution in [0.4, 0.5) is 5.69 Å². The lowest BCUT2D eigenvalue weighted by atomic mass is 9.74. The van der Waals surface area contributed by atoms with Crippen LogP contribution in [0.25, 0.3) is 0 Å². The Morgan fingerprint density at radius 2 is 1.90 bits per heavy atom. The van der Waals surface area contributed by atoms with E-state index in [1.165, 1.54) is 4.90 Å². The van der Waals surface area contributed by atoms with Gasteiger partial charge < -0.3 is 0 Å².